The molecule has 0 saturated carbocycles. The molecule has 4 nitrogen and oxygen atoms in total. The average Bonchev–Trinajstić information content (AvgIpc) is 2.85. The summed E-state index contributed by atoms with van der Waals surface area (Å²) < 4.78 is 13.5. The highest BCUT2D eigenvalue weighted by Gasteiger charge is 2.33. The van der Waals surface area contributed by atoms with Gasteiger partial charge in [0.05, 0.1) is 5.69 Å². The number of rotatable bonds is 3. The van der Waals surface area contributed by atoms with Crippen LogP contribution in [0.15, 0.2) is 72.3 Å². The van der Waals surface area contributed by atoms with Crippen molar-refractivity contribution in [2.24, 2.45) is 0 Å². The van der Waals surface area contributed by atoms with Crippen molar-refractivity contribution in [1.29, 1.82) is 0 Å². The molecular formula is C18H13FN2O2. The van der Waals surface area contributed by atoms with Crippen molar-refractivity contribution in [3.63, 3.8) is 0 Å². The van der Waals surface area contributed by atoms with E-state index in [4.69, 9.17) is 0 Å². The van der Waals surface area contributed by atoms with E-state index in [0.29, 0.717) is 11.3 Å². The third-order valence-electron chi connectivity index (χ3n) is 3.35. The van der Waals surface area contributed by atoms with Crippen molar-refractivity contribution in [1.82, 2.24) is 5.43 Å². The SMILES string of the molecule is O=C1NN(c2ccccc2)C(=O)C1=CC=Cc1ccccc1F. The maximum absolute atomic E-state index is 13.5. The van der Waals surface area contributed by atoms with Gasteiger partial charge in [0, 0.05) is 5.56 Å². The zero-order chi connectivity index (χ0) is 16.2. The molecule has 1 N–H and O–H groups in total. The largest absolute Gasteiger partial charge is 0.282 e. The van der Waals surface area contributed by atoms with Crippen molar-refractivity contribution in [2.75, 3.05) is 5.01 Å². The van der Waals surface area contributed by atoms with Crippen LogP contribution in [0.1, 0.15) is 5.56 Å². The Balaban J connectivity index is 1.82. The topological polar surface area (TPSA) is 49.4 Å². The second-order valence-corrected chi connectivity index (χ2v) is 4.88. The first-order valence-corrected chi connectivity index (χ1v) is 7.00. The number of carbonyl (C=O) groups excluding carboxylic acids is 2. The van der Waals surface area contributed by atoms with E-state index in [1.165, 1.54) is 29.3 Å². The minimum absolute atomic E-state index is 0.00134. The lowest BCUT2D eigenvalue weighted by Gasteiger charge is -2.13. The van der Waals surface area contributed by atoms with Crippen molar-refractivity contribution < 1.29 is 14.0 Å². The van der Waals surface area contributed by atoms with Gasteiger partial charge in [-0.2, -0.15) is 0 Å². The van der Waals surface area contributed by atoms with Gasteiger partial charge in [-0.15, -0.1) is 0 Å². The van der Waals surface area contributed by atoms with E-state index in [1.807, 2.05) is 6.07 Å². The minimum Gasteiger partial charge on any atom is -0.267 e. The molecule has 0 aromatic heterocycles. The summed E-state index contributed by atoms with van der Waals surface area (Å²) >= 11 is 0. The van der Waals surface area contributed by atoms with Crippen molar-refractivity contribution in [2.45, 2.75) is 0 Å². The molecule has 114 valence electrons. The predicted octanol–water partition coefficient (Wildman–Crippen LogP) is 2.84. The monoisotopic (exact) mass is 308 g/mol. The number of anilines is 1. The van der Waals surface area contributed by atoms with E-state index in [1.54, 1.807) is 42.5 Å². The van der Waals surface area contributed by atoms with Gasteiger partial charge in [-0.3, -0.25) is 15.0 Å². The number of nitrogens with zero attached hydrogens (tertiary/aromatic N) is 1. The fraction of sp³-hybridized carbons (Fsp3) is 0. The number of carbonyl (C=O) groups is 2. The first-order chi connectivity index (χ1) is 11.2. The minimum atomic E-state index is -0.489. The van der Waals surface area contributed by atoms with Gasteiger partial charge < -0.3 is 0 Å². The van der Waals surface area contributed by atoms with Gasteiger partial charge in [0.25, 0.3) is 11.8 Å². The van der Waals surface area contributed by atoms with E-state index < -0.39 is 11.8 Å². The molecule has 0 atom stereocenters. The lowest BCUT2D eigenvalue weighted by Crippen LogP contribution is -2.35. The van der Waals surface area contributed by atoms with Gasteiger partial charge in [0.15, 0.2) is 0 Å². The van der Waals surface area contributed by atoms with Gasteiger partial charge in [-0.05, 0) is 24.3 Å². The molecule has 0 radical (unpaired) electrons. The predicted molar refractivity (Wildman–Crippen MR) is 85.6 cm³/mol. The summed E-state index contributed by atoms with van der Waals surface area (Å²) in [4.78, 5) is 24.2. The smallest absolute Gasteiger partial charge is 0.267 e. The third kappa shape index (κ3) is 3.03. The molecule has 23 heavy (non-hydrogen) atoms. The van der Waals surface area contributed by atoms with Crippen LogP contribution >= 0.6 is 0 Å². The highest BCUT2D eigenvalue weighted by atomic mass is 19.1. The Kier molecular flexibility index (Phi) is 4.01. The summed E-state index contributed by atoms with van der Waals surface area (Å²) in [5, 5.41) is 1.19. The van der Waals surface area contributed by atoms with Crippen molar-refractivity contribution >= 4 is 23.6 Å². The molecule has 2 aromatic carbocycles. The number of hydrazine groups is 1. The first-order valence-electron chi connectivity index (χ1n) is 7.00. The highest BCUT2D eigenvalue weighted by Crippen LogP contribution is 2.19. The fourth-order valence-corrected chi connectivity index (χ4v) is 2.19. The number of benzene rings is 2. The Bertz CT molecular complexity index is 813. The average molecular weight is 308 g/mol. The molecule has 0 bridgehead atoms. The number of amides is 2. The quantitative estimate of drug-likeness (QED) is 0.700. The first kappa shape index (κ1) is 14.7. The van der Waals surface area contributed by atoms with Gasteiger partial charge in [0.2, 0.25) is 0 Å². The molecule has 3 rings (SSSR count). The summed E-state index contributed by atoms with van der Waals surface area (Å²) in [5.41, 5.74) is 3.46. The van der Waals surface area contributed by atoms with E-state index in [0.717, 1.165) is 0 Å². The van der Waals surface area contributed by atoms with Crippen molar-refractivity contribution in [3.05, 3.63) is 83.7 Å². The molecule has 1 aliphatic rings. The molecule has 0 aliphatic carbocycles. The van der Waals surface area contributed by atoms with Crippen LogP contribution in [0.4, 0.5) is 10.1 Å². The molecule has 2 amide bonds. The number of allylic oxidation sites excluding steroid dienone is 2. The van der Waals surface area contributed by atoms with Crippen LogP contribution in [0.25, 0.3) is 6.08 Å². The normalized spacial score (nSPS) is 16.4. The molecule has 1 heterocycles. The fourth-order valence-electron chi connectivity index (χ4n) is 2.19. The van der Waals surface area contributed by atoms with Crippen LogP contribution in [-0.4, -0.2) is 11.8 Å². The molecule has 1 aliphatic heterocycles. The van der Waals surface area contributed by atoms with Crippen LogP contribution in [0.3, 0.4) is 0 Å². The highest BCUT2D eigenvalue weighted by molar-refractivity contribution is 6.29. The van der Waals surface area contributed by atoms with Crippen LogP contribution in [0, 0.1) is 5.82 Å². The lowest BCUT2D eigenvalue weighted by molar-refractivity contribution is -0.117. The summed E-state index contributed by atoms with van der Waals surface area (Å²) in [6.45, 7) is 0. The molecule has 5 heteroatoms. The number of hydrogen-bond acceptors (Lipinski definition) is 2. The number of hydrogen-bond donors (Lipinski definition) is 1. The number of nitrogens with one attached hydrogen (secondary N) is 1. The Hall–Kier alpha value is -3.21. The molecular weight excluding hydrogens is 295 g/mol. The van der Waals surface area contributed by atoms with Crippen molar-refractivity contribution in [3.8, 4) is 0 Å². The van der Waals surface area contributed by atoms with Gasteiger partial charge in [-0.25, -0.2) is 9.40 Å². The zero-order valence-electron chi connectivity index (χ0n) is 12.1. The van der Waals surface area contributed by atoms with Gasteiger partial charge in [0.1, 0.15) is 11.4 Å². The Labute approximate surface area is 132 Å². The van der Waals surface area contributed by atoms with Crippen LogP contribution in [0.5, 0.6) is 0 Å². The molecule has 2 aromatic rings. The van der Waals surface area contributed by atoms with E-state index >= 15 is 0 Å². The van der Waals surface area contributed by atoms with Crippen LogP contribution in [0.2, 0.25) is 0 Å². The summed E-state index contributed by atoms with van der Waals surface area (Å²) in [7, 11) is 0. The summed E-state index contributed by atoms with van der Waals surface area (Å²) in [5.74, 6) is -1.30. The summed E-state index contributed by atoms with van der Waals surface area (Å²) in [6, 6.07) is 15.1. The third-order valence-corrected chi connectivity index (χ3v) is 3.35. The summed E-state index contributed by atoms with van der Waals surface area (Å²) in [6.07, 6.45) is 4.38. The van der Waals surface area contributed by atoms with E-state index in [2.05, 4.69) is 5.43 Å². The second kappa shape index (κ2) is 6.27. The molecule has 1 fully saturated rings. The Morgan fingerprint density at radius 3 is 2.39 bits per heavy atom. The van der Waals surface area contributed by atoms with E-state index in [9.17, 15) is 14.0 Å². The lowest BCUT2D eigenvalue weighted by atomic mass is 10.1. The molecule has 1 saturated heterocycles. The number of halogens is 1. The standard InChI is InChI=1S/C18H13FN2O2/c19-16-12-5-4-7-13(16)8-6-11-15-17(22)20-21(18(15)23)14-9-2-1-3-10-14/h1-12H,(H,20,22). The van der Waals surface area contributed by atoms with Gasteiger partial charge in [-0.1, -0.05) is 48.6 Å². The van der Waals surface area contributed by atoms with Crippen LogP contribution in [-0.2, 0) is 9.59 Å². The Morgan fingerprint density at radius 1 is 0.957 bits per heavy atom. The van der Waals surface area contributed by atoms with Crippen LogP contribution < -0.4 is 10.4 Å². The molecule has 0 spiro atoms. The van der Waals surface area contributed by atoms with Gasteiger partial charge >= 0.3 is 0 Å². The maximum atomic E-state index is 13.5. The molecule has 0 unspecified atom stereocenters. The van der Waals surface area contributed by atoms with E-state index in [-0.39, 0.29) is 11.4 Å². The zero-order valence-corrected chi connectivity index (χ0v) is 12.1. The Morgan fingerprint density at radius 2 is 1.65 bits per heavy atom. The number of para-hydroxylation sites is 1. The second-order valence-electron chi connectivity index (χ2n) is 4.88. The maximum Gasteiger partial charge on any atom is 0.282 e.